The van der Waals surface area contributed by atoms with Crippen molar-refractivity contribution < 1.29 is 4.79 Å². The quantitative estimate of drug-likeness (QED) is 0.469. The summed E-state index contributed by atoms with van der Waals surface area (Å²) in [4.78, 5) is 37.8. The van der Waals surface area contributed by atoms with Crippen LogP contribution in [0.15, 0.2) is 29.1 Å². The number of amides is 2. The van der Waals surface area contributed by atoms with Crippen LogP contribution in [0.5, 0.6) is 0 Å². The van der Waals surface area contributed by atoms with Gasteiger partial charge in [-0.05, 0) is 42.9 Å². The van der Waals surface area contributed by atoms with Crippen LogP contribution in [0.3, 0.4) is 0 Å². The van der Waals surface area contributed by atoms with Crippen LogP contribution in [0.4, 0.5) is 16.4 Å². The Kier molecular flexibility index (Phi) is 7.83. The normalized spacial score (nSPS) is 15.0. The summed E-state index contributed by atoms with van der Waals surface area (Å²) < 4.78 is 1.63. The summed E-state index contributed by atoms with van der Waals surface area (Å²) in [7, 11) is 1.79. The van der Waals surface area contributed by atoms with Crippen molar-refractivity contribution in [1.29, 1.82) is 0 Å². The van der Waals surface area contributed by atoms with E-state index in [1.54, 1.807) is 23.9 Å². The molecule has 1 aliphatic rings. The van der Waals surface area contributed by atoms with Crippen LogP contribution >= 0.6 is 11.6 Å². The minimum atomic E-state index is -0.237. The Morgan fingerprint density at radius 1 is 1.27 bits per heavy atom. The lowest BCUT2D eigenvalue weighted by Crippen LogP contribution is -2.44. The highest BCUT2D eigenvalue weighted by Gasteiger charge is 2.28. The van der Waals surface area contributed by atoms with Gasteiger partial charge in [0.25, 0.3) is 5.56 Å². The molecule has 2 amide bonds. The molecule has 0 bridgehead atoms. The van der Waals surface area contributed by atoms with E-state index in [9.17, 15) is 9.59 Å². The minimum absolute atomic E-state index is 0.109. The van der Waals surface area contributed by atoms with E-state index in [0.29, 0.717) is 52.6 Å². The third-order valence-electron chi connectivity index (χ3n) is 6.73. The third-order valence-corrected chi connectivity index (χ3v) is 6.97. The summed E-state index contributed by atoms with van der Waals surface area (Å²) >= 11 is 6.04. The molecule has 1 aliphatic heterocycles. The van der Waals surface area contributed by atoms with E-state index in [4.69, 9.17) is 16.6 Å². The molecule has 3 aromatic rings. The number of benzene rings is 1. The highest BCUT2D eigenvalue weighted by molar-refractivity contribution is 6.30. The first-order valence-electron chi connectivity index (χ1n) is 13.0. The summed E-state index contributed by atoms with van der Waals surface area (Å²) in [6.45, 7) is 13.5. The second-order valence-electron chi connectivity index (χ2n) is 11.5. The molecule has 0 unspecified atom stereocenters. The van der Waals surface area contributed by atoms with Crippen molar-refractivity contribution in [2.45, 2.75) is 52.9 Å². The van der Waals surface area contributed by atoms with E-state index < -0.39 is 0 Å². The SMILES string of the molecule is CC(C)CN(CC1CCN(C(=O)Nc2cccc(Cl)c2)CC1)c1nc2c(C(C)(C)C)nn(C)c2c(=O)[nH]1. The molecule has 0 atom stereocenters. The monoisotopic (exact) mass is 527 g/mol. The van der Waals surface area contributed by atoms with Gasteiger partial charge in [-0.3, -0.25) is 14.5 Å². The Balaban J connectivity index is 1.49. The maximum atomic E-state index is 13.1. The lowest BCUT2D eigenvalue weighted by atomic mass is 9.91. The van der Waals surface area contributed by atoms with E-state index >= 15 is 0 Å². The number of fused-ring (bicyclic) bond motifs is 1. The van der Waals surface area contributed by atoms with Gasteiger partial charge in [-0.1, -0.05) is 52.3 Å². The number of H-pyrrole nitrogens is 1. The number of piperidine rings is 1. The van der Waals surface area contributed by atoms with Crippen LogP contribution < -0.4 is 15.8 Å². The molecule has 2 N–H and O–H groups in total. The first-order valence-corrected chi connectivity index (χ1v) is 13.3. The largest absolute Gasteiger partial charge is 0.342 e. The minimum Gasteiger partial charge on any atom is -0.342 e. The van der Waals surface area contributed by atoms with Crippen molar-refractivity contribution in [3.63, 3.8) is 0 Å². The highest BCUT2D eigenvalue weighted by atomic mass is 35.5. The number of rotatable bonds is 6. The van der Waals surface area contributed by atoms with Gasteiger partial charge in [-0.2, -0.15) is 5.10 Å². The molecule has 0 aliphatic carbocycles. The summed E-state index contributed by atoms with van der Waals surface area (Å²) in [5, 5.41) is 8.15. The summed E-state index contributed by atoms with van der Waals surface area (Å²) in [5.74, 6) is 1.36. The molecule has 3 heterocycles. The Hall–Kier alpha value is -3.07. The second-order valence-corrected chi connectivity index (χ2v) is 11.9. The second kappa shape index (κ2) is 10.7. The van der Waals surface area contributed by atoms with Gasteiger partial charge in [0, 0.05) is 49.4 Å². The number of hydrogen-bond donors (Lipinski definition) is 2. The predicted octanol–water partition coefficient (Wildman–Crippen LogP) is 5.01. The van der Waals surface area contributed by atoms with Crippen LogP contribution in [0, 0.1) is 11.8 Å². The van der Waals surface area contributed by atoms with Gasteiger partial charge in [0.2, 0.25) is 5.95 Å². The molecule has 2 aromatic heterocycles. The lowest BCUT2D eigenvalue weighted by Gasteiger charge is -2.35. The maximum Gasteiger partial charge on any atom is 0.321 e. The number of halogens is 1. The first kappa shape index (κ1) is 27.0. The molecule has 10 heteroatoms. The van der Waals surface area contributed by atoms with Gasteiger partial charge >= 0.3 is 6.03 Å². The molecule has 0 saturated carbocycles. The number of urea groups is 1. The number of likely N-dealkylation sites (tertiary alicyclic amines) is 1. The third kappa shape index (κ3) is 6.26. The molecule has 0 radical (unpaired) electrons. The number of anilines is 2. The number of carbonyl (C=O) groups excluding carboxylic acids is 1. The van der Waals surface area contributed by atoms with Gasteiger partial charge in [0.05, 0.1) is 5.69 Å². The number of nitrogens with zero attached hydrogens (tertiary/aromatic N) is 5. The Morgan fingerprint density at radius 3 is 2.59 bits per heavy atom. The fourth-order valence-electron chi connectivity index (χ4n) is 4.91. The number of hydrogen-bond acceptors (Lipinski definition) is 5. The Labute approximate surface area is 223 Å². The molecule has 1 fully saturated rings. The van der Waals surface area contributed by atoms with Gasteiger partial charge in [-0.15, -0.1) is 0 Å². The van der Waals surface area contributed by atoms with Crippen molar-refractivity contribution in [1.82, 2.24) is 24.6 Å². The summed E-state index contributed by atoms with van der Waals surface area (Å²) in [6, 6.07) is 7.07. The Morgan fingerprint density at radius 2 is 1.97 bits per heavy atom. The van der Waals surface area contributed by atoms with E-state index in [1.807, 2.05) is 17.0 Å². The van der Waals surface area contributed by atoms with Crippen molar-refractivity contribution in [2.75, 3.05) is 36.4 Å². The average molecular weight is 528 g/mol. The van der Waals surface area contributed by atoms with Gasteiger partial charge < -0.3 is 15.1 Å². The molecule has 0 spiro atoms. The maximum absolute atomic E-state index is 13.1. The number of aromatic amines is 1. The molecule has 1 saturated heterocycles. The van der Waals surface area contributed by atoms with Crippen LogP contribution in [0.2, 0.25) is 5.02 Å². The summed E-state index contributed by atoms with van der Waals surface area (Å²) in [5.41, 5.74) is 2.26. The zero-order valence-corrected chi connectivity index (χ0v) is 23.4. The molecular formula is C27H38ClN7O2. The average Bonchev–Trinajstić information content (AvgIpc) is 3.16. The smallest absolute Gasteiger partial charge is 0.321 e. The van der Waals surface area contributed by atoms with Crippen molar-refractivity contribution >= 4 is 40.3 Å². The first-order chi connectivity index (χ1) is 17.4. The fourth-order valence-corrected chi connectivity index (χ4v) is 5.10. The van der Waals surface area contributed by atoms with Crippen LogP contribution in [-0.4, -0.2) is 56.9 Å². The predicted molar refractivity (Wildman–Crippen MR) is 150 cm³/mol. The zero-order valence-electron chi connectivity index (χ0n) is 22.6. The molecular weight excluding hydrogens is 490 g/mol. The lowest BCUT2D eigenvalue weighted by molar-refractivity contribution is 0.183. The number of aryl methyl sites for hydroxylation is 1. The number of aromatic nitrogens is 4. The Bertz CT molecular complexity index is 1320. The standard InChI is InChI=1S/C27H38ClN7O2/c1-17(2)15-35(25-30-21-22(24(36)31-25)33(6)32-23(21)27(3,4)5)16-18-10-12-34(13-11-18)26(37)29-20-9-7-8-19(28)14-20/h7-9,14,17-18H,10-13,15-16H2,1-6H3,(H,29,37)(H,30,31,36). The van der Waals surface area contributed by atoms with E-state index in [0.717, 1.165) is 31.6 Å². The van der Waals surface area contributed by atoms with Crippen LogP contribution in [-0.2, 0) is 12.5 Å². The van der Waals surface area contributed by atoms with E-state index in [-0.39, 0.29) is 17.0 Å². The highest BCUT2D eigenvalue weighted by Crippen LogP contribution is 2.28. The van der Waals surface area contributed by atoms with E-state index in [2.05, 4.69) is 54.9 Å². The van der Waals surface area contributed by atoms with Crippen molar-refractivity contribution in [3.05, 3.63) is 45.3 Å². The number of carbonyl (C=O) groups is 1. The fraction of sp³-hybridized carbons (Fsp3) is 0.556. The van der Waals surface area contributed by atoms with Gasteiger partial charge in [0.15, 0.2) is 5.52 Å². The molecule has 9 nitrogen and oxygen atoms in total. The molecule has 1 aromatic carbocycles. The van der Waals surface area contributed by atoms with Crippen LogP contribution in [0.25, 0.3) is 11.0 Å². The molecule has 4 rings (SSSR count). The number of nitrogens with one attached hydrogen (secondary N) is 2. The van der Waals surface area contributed by atoms with E-state index in [1.165, 1.54) is 0 Å². The van der Waals surface area contributed by atoms with Gasteiger partial charge in [-0.25, -0.2) is 9.78 Å². The van der Waals surface area contributed by atoms with Gasteiger partial charge in [0.1, 0.15) is 5.52 Å². The topological polar surface area (TPSA) is 99.1 Å². The summed E-state index contributed by atoms with van der Waals surface area (Å²) in [6.07, 6.45) is 1.76. The van der Waals surface area contributed by atoms with Crippen molar-refractivity contribution in [2.24, 2.45) is 18.9 Å². The zero-order chi connectivity index (χ0) is 26.9. The van der Waals surface area contributed by atoms with Crippen molar-refractivity contribution in [3.8, 4) is 0 Å². The molecule has 37 heavy (non-hydrogen) atoms. The van der Waals surface area contributed by atoms with Crippen LogP contribution in [0.1, 0.15) is 53.2 Å². The molecule has 200 valence electrons.